The number of rotatable bonds is 8. The van der Waals surface area contributed by atoms with Gasteiger partial charge in [-0.15, -0.1) is 0 Å². The number of piperazine rings is 1. The maximum Gasteiger partial charge on any atom is 0.414 e. The predicted molar refractivity (Wildman–Crippen MR) is 136 cm³/mol. The molecule has 0 radical (unpaired) electrons. The van der Waals surface area contributed by atoms with Gasteiger partial charge in [0.2, 0.25) is 5.91 Å². The Balaban J connectivity index is 1.31. The lowest BCUT2D eigenvalue weighted by Gasteiger charge is -2.36. The highest BCUT2D eigenvalue weighted by Crippen LogP contribution is 2.32. The number of aromatic nitrogens is 1. The minimum Gasteiger partial charge on any atom is -0.469 e. The zero-order valence-corrected chi connectivity index (χ0v) is 21.7. The van der Waals surface area contributed by atoms with E-state index in [1.165, 1.54) is 35.2 Å². The Bertz CT molecular complexity index is 1230. The molecule has 0 spiro atoms. The Kier molecular flexibility index (Phi) is 8.79. The summed E-state index contributed by atoms with van der Waals surface area (Å²) in [5.74, 6) is -2.99. The van der Waals surface area contributed by atoms with Crippen LogP contribution in [0.15, 0.2) is 30.5 Å². The van der Waals surface area contributed by atoms with Gasteiger partial charge in [0.05, 0.1) is 31.5 Å². The summed E-state index contributed by atoms with van der Waals surface area (Å²) < 4.78 is 39.9. The molecule has 2 aliphatic heterocycles. The highest BCUT2D eigenvalue weighted by Gasteiger charge is 2.34. The number of amides is 3. The van der Waals surface area contributed by atoms with Crippen LogP contribution in [0.1, 0.15) is 23.2 Å². The van der Waals surface area contributed by atoms with E-state index >= 15 is 8.78 Å². The minimum absolute atomic E-state index is 0.000222. The van der Waals surface area contributed by atoms with E-state index in [4.69, 9.17) is 16.3 Å². The normalized spacial score (nSPS) is 17.2. The van der Waals surface area contributed by atoms with Gasteiger partial charge in [0, 0.05) is 50.9 Å². The summed E-state index contributed by atoms with van der Waals surface area (Å²) >= 11 is 5.70. The third-order valence-corrected chi connectivity index (χ3v) is 6.65. The number of benzene rings is 1. The van der Waals surface area contributed by atoms with Gasteiger partial charge in [0.1, 0.15) is 16.9 Å². The van der Waals surface area contributed by atoms with Crippen molar-refractivity contribution in [3.63, 3.8) is 0 Å². The van der Waals surface area contributed by atoms with Gasteiger partial charge in [-0.3, -0.25) is 19.3 Å². The monoisotopic (exact) mass is 565 g/mol. The molecule has 14 heteroatoms. The number of hydrogen-bond acceptors (Lipinski definition) is 8. The third-order valence-electron chi connectivity index (χ3n) is 6.42. The number of ether oxygens (including phenoxy) is 2. The lowest BCUT2D eigenvalue weighted by Crippen LogP contribution is -2.51. The zero-order chi connectivity index (χ0) is 28.1. The van der Waals surface area contributed by atoms with E-state index in [-0.39, 0.29) is 80.1 Å². The lowest BCUT2D eigenvalue weighted by atomic mass is 10.1. The number of carbonyl (C=O) groups excluding carboxylic acids is 4. The number of nitrogens with one attached hydrogen (secondary N) is 1. The van der Waals surface area contributed by atoms with Gasteiger partial charge >= 0.3 is 12.1 Å². The second-order valence-corrected chi connectivity index (χ2v) is 9.30. The minimum atomic E-state index is -0.862. The number of pyridine rings is 1. The average molecular weight is 566 g/mol. The van der Waals surface area contributed by atoms with Crippen LogP contribution in [0.5, 0.6) is 0 Å². The predicted octanol–water partition coefficient (Wildman–Crippen LogP) is 2.37. The van der Waals surface area contributed by atoms with Crippen LogP contribution in [0.4, 0.5) is 25.0 Å². The van der Waals surface area contributed by atoms with Gasteiger partial charge in [0.15, 0.2) is 11.6 Å². The first kappa shape index (κ1) is 28.0. The number of anilines is 2. The van der Waals surface area contributed by atoms with Crippen molar-refractivity contribution < 1.29 is 37.4 Å². The number of hydrogen-bond donors (Lipinski definition) is 1. The fraction of sp³-hybridized carbons (Fsp3) is 0.400. The highest BCUT2D eigenvalue weighted by atomic mass is 35.5. The number of esters is 1. The Morgan fingerprint density at radius 1 is 1.15 bits per heavy atom. The summed E-state index contributed by atoms with van der Waals surface area (Å²) in [6, 6.07) is 5.06. The molecule has 3 heterocycles. The van der Waals surface area contributed by atoms with Crippen LogP contribution in [0, 0.1) is 11.6 Å². The SMILES string of the molecule is COC(=O)CC[C@H]1CN(c2cc(F)c(N3CCN(C(=O)CNC(=O)c4ccc(Cl)nc4)CC3)c(F)c2)C(=O)O1. The van der Waals surface area contributed by atoms with Gasteiger partial charge in [-0.1, -0.05) is 11.6 Å². The van der Waals surface area contributed by atoms with Gasteiger partial charge in [-0.05, 0) is 18.6 Å². The summed E-state index contributed by atoms with van der Waals surface area (Å²) in [4.78, 5) is 56.2. The van der Waals surface area contributed by atoms with Gasteiger partial charge in [-0.25, -0.2) is 18.6 Å². The smallest absolute Gasteiger partial charge is 0.414 e. The molecule has 4 rings (SSSR count). The quantitative estimate of drug-likeness (QED) is 0.382. The first-order valence-electron chi connectivity index (χ1n) is 12.1. The molecule has 1 atom stereocenters. The Morgan fingerprint density at radius 2 is 1.85 bits per heavy atom. The number of carbonyl (C=O) groups is 4. The maximum atomic E-state index is 15.1. The van der Waals surface area contributed by atoms with Gasteiger partial charge in [0.25, 0.3) is 5.91 Å². The Labute approximate surface area is 227 Å². The van der Waals surface area contributed by atoms with Crippen molar-refractivity contribution >= 4 is 46.9 Å². The van der Waals surface area contributed by atoms with Crippen LogP contribution in [0.3, 0.4) is 0 Å². The summed E-state index contributed by atoms with van der Waals surface area (Å²) in [6.07, 6.45) is 0.197. The molecule has 2 saturated heterocycles. The molecule has 1 N–H and O–H groups in total. The van der Waals surface area contributed by atoms with Crippen LogP contribution in [-0.4, -0.2) is 86.2 Å². The van der Waals surface area contributed by atoms with Crippen LogP contribution < -0.4 is 15.1 Å². The maximum absolute atomic E-state index is 15.1. The van der Waals surface area contributed by atoms with Crippen molar-refractivity contribution in [2.45, 2.75) is 18.9 Å². The summed E-state index contributed by atoms with van der Waals surface area (Å²) in [6.45, 7) is 0.506. The molecule has 1 aromatic heterocycles. The molecule has 0 aliphatic carbocycles. The number of nitrogens with zero attached hydrogens (tertiary/aromatic N) is 4. The van der Waals surface area contributed by atoms with E-state index in [1.54, 1.807) is 0 Å². The number of halogens is 3. The van der Waals surface area contributed by atoms with Crippen LogP contribution in [-0.2, 0) is 19.1 Å². The standard InChI is InChI=1S/C25H26ClF2N5O6/c1-38-22(35)5-3-17-14-33(25(37)39-17)16-10-18(27)23(19(28)11-16)32-8-6-31(7-9-32)21(34)13-30-24(36)15-2-4-20(26)29-12-15/h2,4,10-12,17H,3,5-9,13-14H2,1H3,(H,30,36)/t17-/m0/s1. The van der Waals surface area contributed by atoms with E-state index in [1.807, 2.05) is 0 Å². The largest absolute Gasteiger partial charge is 0.469 e. The van der Waals surface area contributed by atoms with Crippen molar-refractivity contribution in [3.05, 3.63) is 52.8 Å². The molecule has 208 valence electrons. The topological polar surface area (TPSA) is 121 Å². The molecule has 2 aliphatic rings. The molecule has 39 heavy (non-hydrogen) atoms. The first-order chi connectivity index (χ1) is 18.7. The molecule has 2 fully saturated rings. The van der Waals surface area contributed by atoms with Crippen molar-refractivity contribution in [1.29, 1.82) is 0 Å². The number of methoxy groups -OCH3 is 1. The van der Waals surface area contributed by atoms with Gasteiger partial charge in [-0.2, -0.15) is 0 Å². The van der Waals surface area contributed by atoms with Gasteiger partial charge < -0.3 is 24.6 Å². The second kappa shape index (κ2) is 12.2. The number of cyclic esters (lactones) is 1. The molecule has 3 amide bonds. The van der Waals surface area contributed by atoms with Crippen LogP contribution >= 0.6 is 11.6 Å². The van der Waals surface area contributed by atoms with Crippen molar-refractivity contribution in [1.82, 2.24) is 15.2 Å². The van der Waals surface area contributed by atoms with E-state index in [2.05, 4.69) is 15.0 Å². The summed E-state index contributed by atoms with van der Waals surface area (Å²) in [5.41, 5.74) is -0.00530. The first-order valence-corrected chi connectivity index (χ1v) is 12.5. The van der Waals surface area contributed by atoms with Crippen LogP contribution in [0.25, 0.3) is 0 Å². The molecule has 0 saturated carbocycles. The molecule has 2 aromatic rings. The van der Waals surface area contributed by atoms with E-state index < -0.39 is 35.7 Å². The fourth-order valence-corrected chi connectivity index (χ4v) is 4.44. The molecular formula is C25H26ClF2N5O6. The summed E-state index contributed by atoms with van der Waals surface area (Å²) in [5, 5.41) is 2.76. The highest BCUT2D eigenvalue weighted by molar-refractivity contribution is 6.29. The lowest BCUT2D eigenvalue weighted by molar-refractivity contribution is -0.141. The van der Waals surface area contributed by atoms with Crippen LogP contribution in [0.2, 0.25) is 5.15 Å². The summed E-state index contributed by atoms with van der Waals surface area (Å²) in [7, 11) is 1.25. The van der Waals surface area contributed by atoms with Crippen molar-refractivity contribution in [3.8, 4) is 0 Å². The van der Waals surface area contributed by atoms with Crippen molar-refractivity contribution in [2.75, 3.05) is 56.2 Å². The molecular weight excluding hydrogens is 540 g/mol. The molecule has 11 nitrogen and oxygen atoms in total. The van der Waals surface area contributed by atoms with E-state index in [9.17, 15) is 19.2 Å². The van der Waals surface area contributed by atoms with Crippen molar-refractivity contribution in [2.24, 2.45) is 0 Å². The Morgan fingerprint density at radius 3 is 2.46 bits per heavy atom. The second-order valence-electron chi connectivity index (χ2n) is 8.91. The average Bonchev–Trinajstić information content (AvgIpc) is 3.30. The zero-order valence-electron chi connectivity index (χ0n) is 21.0. The molecule has 1 aromatic carbocycles. The fourth-order valence-electron chi connectivity index (χ4n) is 4.33. The third kappa shape index (κ3) is 6.72. The molecule has 0 bridgehead atoms. The molecule has 0 unspecified atom stereocenters. The Hall–Kier alpha value is -4.00. The van der Waals surface area contributed by atoms with E-state index in [0.29, 0.717) is 0 Å². The van der Waals surface area contributed by atoms with E-state index in [0.717, 1.165) is 17.0 Å².